The number of amides is 1. The van der Waals surface area contributed by atoms with Crippen LogP contribution in [0.3, 0.4) is 0 Å². The first-order valence-corrected chi connectivity index (χ1v) is 13.7. The second-order valence-corrected chi connectivity index (χ2v) is 11.3. The number of nitrogens with one attached hydrogen (secondary N) is 1. The molecule has 0 bridgehead atoms. The van der Waals surface area contributed by atoms with Gasteiger partial charge in [0.15, 0.2) is 4.34 Å². The molecule has 1 aromatic heterocycles. The number of ether oxygens (including phenoxy) is 1. The fourth-order valence-electron chi connectivity index (χ4n) is 2.77. The van der Waals surface area contributed by atoms with Crippen LogP contribution in [-0.4, -0.2) is 43.4 Å². The molecule has 0 unspecified atom stereocenters. The van der Waals surface area contributed by atoms with E-state index >= 15 is 0 Å². The van der Waals surface area contributed by atoms with Gasteiger partial charge in [-0.2, -0.15) is 0 Å². The van der Waals surface area contributed by atoms with Crippen LogP contribution in [0.5, 0.6) is 5.75 Å². The summed E-state index contributed by atoms with van der Waals surface area (Å²) in [6.45, 7) is 3.71. The summed E-state index contributed by atoms with van der Waals surface area (Å²) in [4.78, 5) is 12.9. The van der Waals surface area contributed by atoms with E-state index in [4.69, 9.17) is 16.3 Å². The molecule has 0 aliphatic heterocycles. The Hall–Kier alpha value is -2.34. The van der Waals surface area contributed by atoms with Crippen LogP contribution < -0.4 is 14.4 Å². The number of benzene rings is 2. The normalized spacial score (nSPS) is 11.2. The molecule has 0 fully saturated rings. The van der Waals surface area contributed by atoms with Gasteiger partial charge >= 0.3 is 0 Å². The van der Waals surface area contributed by atoms with Gasteiger partial charge in [0, 0.05) is 10.8 Å². The van der Waals surface area contributed by atoms with Gasteiger partial charge in [0.1, 0.15) is 12.3 Å². The van der Waals surface area contributed by atoms with Crippen LogP contribution in [-0.2, 0) is 14.8 Å². The Labute approximate surface area is 206 Å². The molecular formula is C21H23ClN4O4S3. The van der Waals surface area contributed by atoms with Gasteiger partial charge in [-0.1, -0.05) is 53.8 Å². The van der Waals surface area contributed by atoms with Gasteiger partial charge in [-0.05, 0) is 49.7 Å². The van der Waals surface area contributed by atoms with E-state index in [9.17, 15) is 13.2 Å². The van der Waals surface area contributed by atoms with Crippen molar-refractivity contribution in [3.05, 3.63) is 53.6 Å². The summed E-state index contributed by atoms with van der Waals surface area (Å²) in [6.07, 6.45) is 0.989. The number of anilines is 2. The molecule has 12 heteroatoms. The smallest absolute Gasteiger partial charge is 0.264 e. The highest BCUT2D eigenvalue weighted by molar-refractivity contribution is 8.01. The van der Waals surface area contributed by atoms with Crippen LogP contribution in [0.2, 0.25) is 5.02 Å². The summed E-state index contributed by atoms with van der Waals surface area (Å²) in [6, 6.07) is 12.4. The summed E-state index contributed by atoms with van der Waals surface area (Å²) >= 11 is 8.72. The Morgan fingerprint density at radius 1 is 1.15 bits per heavy atom. The van der Waals surface area contributed by atoms with E-state index in [1.807, 2.05) is 0 Å². The number of rotatable bonds is 11. The second-order valence-electron chi connectivity index (χ2n) is 6.64. The minimum Gasteiger partial charge on any atom is -0.492 e. The number of carbonyl (C=O) groups excluding carboxylic acids is 1. The fraction of sp³-hybridized carbons (Fsp3) is 0.286. The van der Waals surface area contributed by atoms with E-state index in [2.05, 4.69) is 22.4 Å². The molecule has 1 heterocycles. The molecule has 3 aromatic rings. The zero-order valence-electron chi connectivity index (χ0n) is 18.0. The Morgan fingerprint density at radius 2 is 1.88 bits per heavy atom. The summed E-state index contributed by atoms with van der Waals surface area (Å²) in [5.41, 5.74) is 0.251. The highest BCUT2D eigenvalue weighted by atomic mass is 35.5. The van der Waals surface area contributed by atoms with Crippen molar-refractivity contribution < 1.29 is 17.9 Å². The highest BCUT2D eigenvalue weighted by Crippen LogP contribution is 2.33. The number of nitrogens with zero attached hydrogens (tertiary/aromatic N) is 3. The molecule has 0 saturated heterocycles. The third-order valence-corrected chi connectivity index (χ3v) is 8.41. The molecule has 0 atom stereocenters. The third-order valence-electron chi connectivity index (χ3n) is 4.21. The molecule has 176 valence electrons. The average molecular weight is 527 g/mol. The number of halogens is 1. The average Bonchev–Trinajstić information content (AvgIpc) is 3.24. The first-order valence-electron chi connectivity index (χ1n) is 10.1. The number of sulfonamides is 1. The first-order chi connectivity index (χ1) is 15.8. The maximum absolute atomic E-state index is 13.5. The van der Waals surface area contributed by atoms with Crippen molar-refractivity contribution in [3.8, 4) is 5.75 Å². The number of hydrogen-bond donors (Lipinski definition) is 1. The lowest BCUT2D eigenvalue weighted by Crippen LogP contribution is -2.38. The van der Waals surface area contributed by atoms with Gasteiger partial charge in [0.25, 0.3) is 10.0 Å². The molecule has 8 nitrogen and oxygen atoms in total. The summed E-state index contributed by atoms with van der Waals surface area (Å²) in [5, 5.41) is 11.4. The Bertz CT molecular complexity index is 1190. The lowest BCUT2D eigenvalue weighted by molar-refractivity contribution is -0.114. The molecule has 33 heavy (non-hydrogen) atoms. The molecule has 0 aliphatic rings. The third kappa shape index (κ3) is 6.59. The molecule has 2 aromatic carbocycles. The molecule has 0 spiro atoms. The number of hydrogen-bond acceptors (Lipinski definition) is 8. The molecule has 0 saturated carbocycles. The number of para-hydroxylation sites is 2. The van der Waals surface area contributed by atoms with Crippen LogP contribution in [0.4, 0.5) is 10.8 Å². The number of aromatic nitrogens is 2. The Morgan fingerprint density at radius 3 is 2.58 bits per heavy atom. The Kier molecular flexibility index (Phi) is 8.95. The van der Waals surface area contributed by atoms with Crippen LogP contribution in [0.1, 0.15) is 20.3 Å². The highest BCUT2D eigenvalue weighted by Gasteiger charge is 2.29. The zero-order chi connectivity index (χ0) is 23.8. The Balaban J connectivity index is 1.91. The van der Waals surface area contributed by atoms with Crippen LogP contribution in [0, 0.1) is 0 Å². The SMILES string of the molecule is CCCSc1nnc(NC(=O)CN(c2ccccc2OCC)S(=O)(=O)c2ccc(Cl)cc2)s1. The van der Waals surface area contributed by atoms with Crippen molar-refractivity contribution in [2.75, 3.05) is 28.5 Å². The first kappa shape index (κ1) is 25.3. The summed E-state index contributed by atoms with van der Waals surface area (Å²) in [5.74, 6) is 0.686. The van der Waals surface area contributed by atoms with E-state index in [-0.39, 0.29) is 10.6 Å². The van der Waals surface area contributed by atoms with Crippen LogP contribution >= 0.6 is 34.7 Å². The number of carbonyl (C=O) groups is 1. The molecule has 0 aliphatic carbocycles. The van der Waals surface area contributed by atoms with Gasteiger partial charge in [-0.15, -0.1) is 10.2 Å². The summed E-state index contributed by atoms with van der Waals surface area (Å²) < 4.78 is 34.4. The predicted octanol–water partition coefficient (Wildman–Crippen LogP) is 4.93. The van der Waals surface area contributed by atoms with Crippen molar-refractivity contribution >= 4 is 61.4 Å². The molecule has 0 radical (unpaired) electrons. The molecule has 3 rings (SSSR count). The lowest BCUT2D eigenvalue weighted by Gasteiger charge is -2.25. The molecular weight excluding hydrogens is 504 g/mol. The van der Waals surface area contributed by atoms with Crippen LogP contribution in [0.15, 0.2) is 57.8 Å². The van der Waals surface area contributed by atoms with Crippen molar-refractivity contribution in [2.45, 2.75) is 29.5 Å². The van der Waals surface area contributed by atoms with E-state index < -0.39 is 22.5 Å². The summed E-state index contributed by atoms with van der Waals surface area (Å²) in [7, 11) is -4.11. The lowest BCUT2D eigenvalue weighted by atomic mass is 10.3. The standard InChI is InChI=1S/C21H23ClN4O4S3/c1-3-13-31-21-25-24-20(32-21)23-19(27)14-26(17-7-5-6-8-18(17)30-4-2)33(28,29)16-11-9-15(22)10-12-16/h5-12H,3-4,13-14H2,1-2H3,(H,23,24,27). The van der Waals surface area contributed by atoms with Gasteiger partial charge in [-0.3, -0.25) is 14.4 Å². The van der Waals surface area contributed by atoms with Gasteiger partial charge in [0.2, 0.25) is 11.0 Å². The molecule has 1 amide bonds. The van der Waals surface area contributed by atoms with E-state index in [0.29, 0.717) is 22.5 Å². The van der Waals surface area contributed by atoms with E-state index in [1.165, 1.54) is 35.6 Å². The second kappa shape index (κ2) is 11.7. The van der Waals surface area contributed by atoms with Crippen LogP contribution in [0.25, 0.3) is 0 Å². The maximum atomic E-state index is 13.5. The number of thioether (sulfide) groups is 1. The van der Waals surface area contributed by atoms with Crippen molar-refractivity contribution in [1.29, 1.82) is 0 Å². The van der Waals surface area contributed by atoms with Gasteiger partial charge < -0.3 is 4.74 Å². The van der Waals surface area contributed by atoms with Crippen molar-refractivity contribution in [1.82, 2.24) is 10.2 Å². The van der Waals surface area contributed by atoms with E-state index in [0.717, 1.165) is 20.8 Å². The van der Waals surface area contributed by atoms with Gasteiger partial charge in [-0.25, -0.2) is 8.42 Å². The fourth-order valence-corrected chi connectivity index (χ4v) is 6.02. The van der Waals surface area contributed by atoms with Gasteiger partial charge in [0.05, 0.1) is 17.2 Å². The molecule has 1 N–H and O–H groups in total. The van der Waals surface area contributed by atoms with E-state index in [1.54, 1.807) is 43.0 Å². The van der Waals surface area contributed by atoms with Crippen molar-refractivity contribution in [3.63, 3.8) is 0 Å². The minimum absolute atomic E-state index is 0.000156. The minimum atomic E-state index is -4.11. The predicted molar refractivity (Wildman–Crippen MR) is 133 cm³/mol. The monoisotopic (exact) mass is 526 g/mol. The largest absolute Gasteiger partial charge is 0.492 e. The zero-order valence-corrected chi connectivity index (χ0v) is 21.2. The maximum Gasteiger partial charge on any atom is 0.264 e. The van der Waals surface area contributed by atoms with Crippen molar-refractivity contribution in [2.24, 2.45) is 0 Å². The topological polar surface area (TPSA) is 101 Å². The quantitative estimate of drug-likeness (QED) is 0.279.